The minimum absolute atomic E-state index is 0.156. The molecule has 0 saturated heterocycles. The largest absolute Gasteiger partial charge is 0.444 e. The fourth-order valence-corrected chi connectivity index (χ4v) is 5.28. The van der Waals surface area contributed by atoms with Crippen LogP contribution in [0.4, 0.5) is 4.39 Å². The Morgan fingerprint density at radius 2 is 1.49 bits per heavy atom. The molecule has 0 radical (unpaired) electrons. The predicted octanol–water partition coefficient (Wildman–Crippen LogP) is 6.37. The summed E-state index contributed by atoms with van der Waals surface area (Å²) in [4.78, 5) is 29.2. The van der Waals surface area contributed by atoms with Crippen LogP contribution in [0.15, 0.2) is 109 Å². The van der Waals surface area contributed by atoms with E-state index < -0.39 is 23.3 Å². The summed E-state index contributed by atoms with van der Waals surface area (Å²) in [6, 6.07) is 31.8. The van der Waals surface area contributed by atoms with Gasteiger partial charge in [-0.25, -0.2) is 4.39 Å². The van der Waals surface area contributed by atoms with Crippen LogP contribution in [0.1, 0.15) is 35.6 Å². The number of rotatable bonds is 11. The molecule has 0 spiro atoms. The van der Waals surface area contributed by atoms with Gasteiger partial charge in [0.05, 0.1) is 12.3 Å². The molecule has 0 bridgehead atoms. The number of amides is 1. The molecule has 0 saturated carbocycles. The SMILES string of the molecule is C[C@@H](CN)N(C)C(=O)[C@@H](CC(=O)OC(c1ccccc1)(c1ccccc1)c1ccccc1Cl)Cc1cccc(F)c1. The molecular weight excluding hydrogens is 539 g/mol. The van der Waals surface area contributed by atoms with Crippen molar-refractivity contribution in [2.75, 3.05) is 13.6 Å². The van der Waals surface area contributed by atoms with Crippen molar-refractivity contribution in [3.05, 3.63) is 142 Å². The lowest BCUT2D eigenvalue weighted by atomic mass is 9.80. The number of hydrogen-bond acceptors (Lipinski definition) is 4. The van der Waals surface area contributed by atoms with Gasteiger partial charge in [0.2, 0.25) is 5.91 Å². The third-order valence-corrected chi connectivity index (χ3v) is 7.69. The molecule has 4 rings (SSSR count). The molecule has 0 aliphatic heterocycles. The Morgan fingerprint density at radius 3 is 2.05 bits per heavy atom. The number of carbonyl (C=O) groups excluding carboxylic acids is 2. The summed E-state index contributed by atoms with van der Waals surface area (Å²) in [5, 5.41) is 0.428. The molecule has 0 aromatic heterocycles. The Morgan fingerprint density at radius 1 is 0.902 bits per heavy atom. The standard InChI is InChI=1S/C34H34ClFN2O3/c1-24(23-37)38(2)33(40)26(20-25-12-11-17-29(36)21-25)22-32(39)41-34(27-13-5-3-6-14-27,28-15-7-4-8-16-28)30-18-9-10-19-31(30)35/h3-19,21,24,26H,20,22-23,37H2,1-2H3/t24-,26+/m0/s1. The van der Waals surface area contributed by atoms with Gasteiger partial charge in [0.25, 0.3) is 0 Å². The van der Waals surface area contributed by atoms with Crippen LogP contribution >= 0.6 is 11.6 Å². The molecule has 4 aromatic carbocycles. The molecule has 2 N–H and O–H groups in total. The van der Waals surface area contributed by atoms with Gasteiger partial charge in [-0.15, -0.1) is 0 Å². The van der Waals surface area contributed by atoms with Gasteiger partial charge < -0.3 is 15.4 Å². The van der Waals surface area contributed by atoms with E-state index in [1.807, 2.05) is 85.8 Å². The van der Waals surface area contributed by atoms with Gasteiger partial charge in [0.1, 0.15) is 5.82 Å². The zero-order chi connectivity index (χ0) is 29.4. The van der Waals surface area contributed by atoms with E-state index in [0.717, 1.165) is 0 Å². The molecule has 0 aliphatic carbocycles. The fraction of sp³-hybridized carbons (Fsp3) is 0.235. The molecule has 5 nitrogen and oxygen atoms in total. The first-order valence-electron chi connectivity index (χ1n) is 13.5. The minimum Gasteiger partial charge on any atom is -0.444 e. The van der Waals surface area contributed by atoms with Crippen LogP contribution in [0, 0.1) is 11.7 Å². The summed E-state index contributed by atoms with van der Waals surface area (Å²) in [7, 11) is 1.66. The van der Waals surface area contributed by atoms with Crippen molar-refractivity contribution in [1.29, 1.82) is 0 Å². The highest BCUT2D eigenvalue weighted by Crippen LogP contribution is 2.43. The highest BCUT2D eigenvalue weighted by molar-refractivity contribution is 6.31. The van der Waals surface area contributed by atoms with Gasteiger partial charge in [0.15, 0.2) is 5.60 Å². The van der Waals surface area contributed by atoms with Crippen molar-refractivity contribution in [3.8, 4) is 0 Å². The van der Waals surface area contributed by atoms with Crippen LogP contribution in [0.5, 0.6) is 0 Å². The number of nitrogens with two attached hydrogens (primary N) is 1. The number of halogens is 2. The Bertz CT molecular complexity index is 1430. The van der Waals surface area contributed by atoms with E-state index >= 15 is 0 Å². The summed E-state index contributed by atoms with van der Waals surface area (Å²) in [5.74, 6) is -2.09. The fourth-order valence-electron chi connectivity index (χ4n) is 5.02. The van der Waals surface area contributed by atoms with E-state index in [1.54, 1.807) is 25.2 Å². The third-order valence-electron chi connectivity index (χ3n) is 7.36. The molecule has 0 unspecified atom stereocenters. The number of likely N-dealkylation sites (N-methyl/N-ethyl adjacent to an activating group) is 1. The van der Waals surface area contributed by atoms with Gasteiger partial charge in [-0.2, -0.15) is 0 Å². The summed E-state index contributed by atoms with van der Waals surface area (Å²) in [6.07, 6.45) is -0.0774. The molecular formula is C34H34ClFN2O3. The lowest BCUT2D eigenvalue weighted by Gasteiger charge is -2.36. The first kappa shape index (κ1) is 30.0. The highest BCUT2D eigenvalue weighted by atomic mass is 35.5. The van der Waals surface area contributed by atoms with E-state index in [-0.39, 0.29) is 31.3 Å². The average molecular weight is 573 g/mol. The first-order valence-corrected chi connectivity index (χ1v) is 13.9. The maximum atomic E-state index is 14.0. The summed E-state index contributed by atoms with van der Waals surface area (Å²) >= 11 is 6.76. The molecule has 0 aliphatic rings. The average Bonchev–Trinajstić information content (AvgIpc) is 2.99. The van der Waals surface area contributed by atoms with E-state index in [2.05, 4.69) is 0 Å². The van der Waals surface area contributed by atoms with Crippen molar-refractivity contribution < 1.29 is 18.7 Å². The van der Waals surface area contributed by atoms with Crippen LogP contribution < -0.4 is 5.73 Å². The monoisotopic (exact) mass is 572 g/mol. The topological polar surface area (TPSA) is 72.6 Å². The predicted molar refractivity (Wildman–Crippen MR) is 160 cm³/mol. The van der Waals surface area contributed by atoms with Crippen LogP contribution in [0.2, 0.25) is 5.02 Å². The number of esters is 1. The molecule has 41 heavy (non-hydrogen) atoms. The summed E-state index contributed by atoms with van der Waals surface area (Å²) in [5.41, 5.74) is 7.04. The first-order chi connectivity index (χ1) is 19.8. The quantitative estimate of drug-likeness (QED) is 0.167. The molecule has 4 aromatic rings. The zero-order valence-electron chi connectivity index (χ0n) is 23.2. The van der Waals surface area contributed by atoms with Gasteiger partial charge in [-0.1, -0.05) is 103 Å². The zero-order valence-corrected chi connectivity index (χ0v) is 23.9. The number of nitrogens with zero attached hydrogens (tertiary/aromatic N) is 1. The van der Waals surface area contributed by atoms with Gasteiger partial charge >= 0.3 is 5.97 Å². The summed E-state index contributed by atoms with van der Waals surface area (Å²) in [6.45, 7) is 2.10. The Kier molecular flexibility index (Phi) is 9.92. The summed E-state index contributed by atoms with van der Waals surface area (Å²) < 4.78 is 20.5. The van der Waals surface area contributed by atoms with Crippen molar-refractivity contribution in [3.63, 3.8) is 0 Å². The lowest BCUT2D eigenvalue weighted by molar-refractivity contribution is -0.157. The second-order valence-electron chi connectivity index (χ2n) is 10.1. The van der Waals surface area contributed by atoms with Crippen LogP contribution in [0.25, 0.3) is 0 Å². The molecule has 1 amide bonds. The van der Waals surface area contributed by atoms with E-state index in [4.69, 9.17) is 22.1 Å². The molecule has 0 heterocycles. The molecule has 7 heteroatoms. The normalized spacial score (nSPS) is 12.8. The molecule has 212 valence electrons. The second kappa shape index (κ2) is 13.6. The van der Waals surface area contributed by atoms with E-state index in [1.165, 1.54) is 17.0 Å². The van der Waals surface area contributed by atoms with Crippen LogP contribution in [-0.2, 0) is 26.3 Å². The molecule has 0 fully saturated rings. The number of carbonyl (C=O) groups is 2. The smallest absolute Gasteiger partial charge is 0.308 e. The van der Waals surface area contributed by atoms with E-state index in [9.17, 15) is 14.0 Å². The van der Waals surface area contributed by atoms with E-state index in [0.29, 0.717) is 27.3 Å². The second-order valence-corrected chi connectivity index (χ2v) is 10.5. The van der Waals surface area contributed by atoms with Crippen molar-refractivity contribution >= 4 is 23.5 Å². The number of ether oxygens (including phenoxy) is 1. The van der Waals surface area contributed by atoms with Crippen LogP contribution in [0.3, 0.4) is 0 Å². The maximum Gasteiger partial charge on any atom is 0.308 e. The minimum atomic E-state index is -1.39. The Labute approximate surface area is 245 Å². The van der Waals surface area contributed by atoms with Gasteiger partial charge in [-0.05, 0) is 37.1 Å². The van der Waals surface area contributed by atoms with Crippen molar-refractivity contribution in [1.82, 2.24) is 4.90 Å². The number of hydrogen-bond donors (Lipinski definition) is 1. The maximum absolute atomic E-state index is 14.0. The Hall–Kier alpha value is -4.00. The van der Waals surface area contributed by atoms with Gasteiger partial charge in [-0.3, -0.25) is 9.59 Å². The Balaban J connectivity index is 1.78. The van der Waals surface area contributed by atoms with Crippen LogP contribution in [-0.4, -0.2) is 36.4 Å². The number of benzene rings is 4. The highest BCUT2D eigenvalue weighted by Gasteiger charge is 2.42. The van der Waals surface area contributed by atoms with Crippen molar-refractivity contribution in [2.45, 2.75) is 31.4 Å². The van der Waals surface area contributed by atoms with Gasteiger partial charge in [0, 0.05) is 41.3 Å². The lowest BCUT2D eigenvalue weighted by Crippen LogP contribution is -2.44. The third kappa shape index (κ3) is 6.84. The molecule has 2 atom stereocenters. The van der Waals surface area contributed by atoms with Crippen molar-refractivity contribution in [2.24, 2.45) is 11.7 Å².